The summed E-state index contributed by atoms with van der Waals surface area (Å²) in [7, 11) is 0. The van der Waals surface area contributed by atoms with Crippen molar-refractivity contribution in [1.29, 1.82) is 0 Å². The third kappa shape index (κ3) is 3.66. The van der Waals surface area contributed by atoms with Gasteiger partial charge in [0.15, 0.2) is 11.7 Å². The third-order valence-electron chi connectivity index (χ3n) is 1.20. The van der Waals surface area contributed by atoms with Crippen molar-refractivity contribution in [2.45, 2.75) is 6.43 Å². The fourth-order valence-corrected chi connectivity index (χ4v) is 1.21. The van der Waals surface area contributed by atoms with Crippen molar-refractivity contribution in [3.8, 4) is 0 Å². The molecule has 0 saturated carbocycles. The Morgan fingerprint density at radius 3 is 2.81 bits per heavy atom. The summed E-state index contributed by atoms with van der Waals surface area (Å²) in [4.78, 5) is 18.7. The van der Waals surface area contributed by atoms with Crippen molar-refractivity contribution < 1.29 is 18.4 Å². The minimum absolute atomic E-state index is 0.0921. The summed E-state index contributed by atoms with van der Waals surface area (Å²) >= 11 is 5.96. The number of rotatable bonds is 5. The predicted octanol–water partition coefficient (Wildman–Crippen LogP) is 0.871. The lowest BCUT2D eigenvalue weighted by Gasteiger charge is -1.98. The first-order chi connectivity index (χ1) is 7.50. The molecule has 0 atom stereocenters. The van der Waals surface area contributed by atoms with Crippen LogP contribution < -0.4 is 5.73 Å². The van der Waals surface area contributed by atoms with Crippen LogP contribution in [-0.2, 0) is 9.63 Å². The van der Waals surface area contributed by atoms with Crippen molar-refractivity contribution >= 4 is 39.2 Å². The average molecular weight is 271 g/mol. The van der Waals surface area contributed by atoms with Gasteiger partial charge in [0.05, 0.1) is 0 Å². The second kappa shape index (κ2) is 5.66. The molecule has 1 aromatic heterocycles. The summed E-state index contributed by atoms with van der Waals surface area (Å²) in [5.74, 6) is -0.156. The van der Waals surface area contributed by atoms with E-state index >= 15 is 0 Å². The van der Waals surface area contributed by atoms with Gasteiger partial charge in [-0.25, -0.2) is 8.78 Å². The van der Waals surface area contributed by atoms with Gasteiger partial charge in [-0.05, 0) is 11.6 Å². The van der Waals surface area contributed by atoms with Gasteiger partial charge < -0.3 is 10.6 Å². The molecule has 88 valence electrons. The lowest BCUT2D eigenvalue weighted by molar-refractivity contribution is -0.106. The molecule has 2 N–H and O–H groups in total. The van der Waals surface area contributed by atoms with Crippen LogP contribution in [0.1, 0.15) is 5.82 Å². The standard InChI is InChI=1S/C6H5ClF2N4O2S/c7-4(14)3(12-15-1-2(8)9)5-11-6(10)16-13-5/h2H,1H2,(H2,10,11,13)/b12-3+. The summed E-state index contributed by atoms with van der Waals surface area (Å²) in [6, 6.07) is 0. The van der Waals surface area contributed by atoms with Gasteiger partial charge in [0, 0.05) is 11.5 Å². The van der Waals surface area contributed by atoms with Gasteiger partial charge in [0.1, 0.15) is 0 Å². The van der Waals surface area contributed by atoms with Crippen LogP contribution in [0.25, 0.3) is 0 Å². The van der Waals surface area contributed by atoms with Gasteiger partial charge in [-0.1, -0.05) is 5.16 Å². The Morgan fingerprint density at radius 2 is 2.38 bits per heavy atom. The number of carbonyl (C=O) groups excluding carboxylic acids is 1. The van der Waals surface area contributed by atoms with Gasteiger partial charge in [0.25, 0.3) is 11.7 Å². The minimum Gasteiger partial charge on any atom is -0.389 e. The Bertz CT molecular complexity index is 411. The Labute approximate surface area is 97.2 Å². The molecule has 0 saturated heterocycles. The van der Waals surface area contributed by atoms with E-state index in [1.807, 2.05) is 0 Å². The van der Waals surface area contributed by atoms with Crippen LogP contribution in [-0.4, -0.2) is 33.3 Å². The highest BCUT2D eigenvalue weighted by Gasteiger charge is 2.18. The van der Waals surface area contributed by atoms with E-state index in [9.17, 15) is 13.6 Å². The van der Waals surface area contributed by atoms with E-state index in [0.29, 0.717) is 0 Å². The van der Waals surface area contributed by atoms with Crippen molar-refractivity contribution in [2.75, 3.05) is 12.3 Å². The molecule has 0 bridgehead atoms. The van der Waals surface area contributed by atoms with Crippen LogP contribution in [0, 0.1) is 0 Å². The molecule has 1 aromatic rings. The Morgan fingerprint density at radius 1 is 1.69 bits per heavy atom. The van der Waals surface area contributed by atoms with E-state index in [0.717, 1.165) is 11.5 Å². The van der Waals surface area contributed by atoms with Crippen molar-refractivity contribution in [3.05, 3.63) is 5.82 Å². The number of alkyl halides is 2. The van der Waals surface area contributed by atoms with Gasteiger partial charge in [-0.2, -0.15) is 9.36 Å². The minimum atomic E-state index is -2.70. The molecule has 1 rings (SSSR count). The van der Waals surface area contributed by atoms with Crippen LogP contribution in [0.5, 0.6) is 0 Å². The Hall–Kier alpha value is -1.35. The number of nitrogen functional groups attached to an aromatic ring is 1. The Balaban J connectivity index is 2.79. The lowest BCUT2D eigenvalue weighted by Crippen LogP contribution is -2.13. The van der Waals surface area contributed by atoms with E-state index in [2.05, 4.69) is 19.4 Å². The predicted molar refractivity (Wildman–Crippen MR) is 53.7 cm³/mol. The second-order valence-electron chi connectivity index (χ2n) is 2.36. The molecule has 0 aliphatic rings. The van der Waals surface area contributed by atoms with Crippen LogP contribution in [0.2, 0.25) is 0 Å². The van der Waals surface area contributed by atoms with E-state index in [4.69, 9.17) is 17.3 Å². The maximum absolute atomic E-state index is 11.7. The lowest BCUT2D eigenvalue weighted by atomic mass is 10.4. The average Bonchev–Trinajstić information content (AvgIpc) is 2.58. The number of oxime groups is 1. The highest BCUT2D eigenvalue weighted by molar-refractivity contribution is 7.09. The third-order valence-corrected chi connectivity index (χ3v) is 1.92. The van der Waals surface area contributed by atoms with Crippen molar-refractivity contribution in [3.63, 3.8) is 0 Å². The first-order valence-corrected chi connectivity index (χ1v) is 4.93. The molecule has 16 heavy (non-hydrogen) atoms. The smallest absolute Gasteiger partial charge is 0.278 e. The fraction of sp³-hybridized carbons (Fsp3) is 0.333. The molecule has 0 aliphatic carbocycles. The number of hydrogen-bond donors (Lipinski definition) is 1. The van der Waals surface area contributed by atoms with Crippen LogP contribution in [0.4, 0.5) is 13.9 Å². The quantitative estimate of drug-likeness (QED) is 0.487. The largest absolute Gasteiger partial charge is 0.389 e. The number of halogens is 3. The zero-order chi connectivity index (χ0) is 12.1. The molecule has 0 fully saturated rings. The van der Waals surface area contributed by atoms with Gasteiger partial charge in [0.2, 0.25) is 11.5 Å². The van der Waals surface area contributed by atoms with Gasteiger partial charge in [-0.15, -0.1) is 0 Å². The molecule has 1 heterocycles. The van der Waals surface area contributed by atoms with Crippen LogP contribution in [0.3, 0.4) is 0 Å². The number of anilines is 1. The zero-order valence-corrected chi connectivity index (χ0v) is 9.13. The molecule has 0 amide bonds. The molecule has 0 spiro atoms. The van der Waals surface area contributed by atoms with E-state index in [1.54, 1.807) is 0 Å². The second-order valence-corrected chi connectivity index (χ2v) is 3.48. The molecular weight excluding hydrogens is 266 g/mol. The van der Waals surface area contributed by atoms with Crippen molar-refractivity contribution in [1.82, 2.24) is 9.36 Å². The molecule has 0 radical (unpaired) electrons. The number of hydrogen-bond acceptors (Lipinski definition) is 7. The number of carbonyl (C=O) groups is 1. The highest BCUT2D eigenvalue weighted by atomic mass is 35.5. The molecule has 0 aromatic carbocycles. The SMILES string of the molecule is Nc1nc(/C(=N/OCC(F)F)C(=O)Cl)ns1. The summed E-state index contributed by atoms with van der Waals surface area (Å²) in [6.45, 7) is -0.951. The monoisotopic (exact) mass is 270 g/mol. The number of nitrogens with two attached hydrogens (primary N) is 1. The number of nitrogens with zero attached hydrogens (tertiary/aromatic N) is 3. The first kappa shape index (κ1) is 12.7. The summed E-state index contributed by atoms with van der Waals surface area (Å²) in [5.41, 5.74) is 4.81. The van der Waals surface area contributed by atoms with Gasteiger partial charge >= 0.3 is 0 Å². The number of aromatic nitrogens is 2. The first-order valence-electron chi connectivity index (χ1n) is 3.78. The molecule has 10 heteroatoms. The van der Waals surface area contributed by atoms with E-state index < -0.39 is 24.0 Å². The Kier molecular flexibility index (Phi) is 4.50. The summed E-state index contributed by atoms with van der Waals surface area (Å²) in [6.07, 6.45) is -2.70. The fourth-order valence-electron chi connectivity index (χ4n) is 0.654. The maximum Gasteiger partial charge on any atom is 0.278 e. The maximum atomic E-state index is 11.7. The zero-order valence-electron chi connectivity index (χ0n) is 7.56. The summed E-state index contributed by atoms with van der Waals surface area (Å²) in [5, 5.41) is 2.20. The van der Waals surface area contributed by atoms with E-state index in [1.165, 1.54) is 0 Å². The van der Waals surface area contributed by atoms with Crippen LogP contribution in [0.15, 0.2) is 5.16 Å². The molecule has 6 nitrogen and oxygen atoms in total. The normalized spacial score (nSPS) is 11.9. The highest BCUT2D eigenvalue weighted by Crippen LogP contribution is 2.08. The van der Waals surface area contributed by atoms with Crippen LogP contribution >= 0.6 is 23.1 Å². The topological polar surface area (TPSA) is 90.5 Å². The van der Waals surface area contributed by atoms with Gasteiger partial charge in [-0.3, -0.25) is 4.79 Å². The summed E-state index contributed by atoms with van der Waals surface area (Å²) < 4.78 is 27.1. The molecule has 0 aliphatic heterocycles. The van der Waals surface area contributed by atoms with Crippen molar-refractivity contribution in [2.24, 2.45) is 5.16 Å². The van der Waals surface area contributed by atoms with E-state index in [-0.39, 0.29) is 11.0 Å². The molecule has 0 unspecified atom stereocenters. The molecular formula is C6H5ClF2N4O2S.